The molecule has 0 aliphatic carbocycles. The molecule has 1 saturated heterocycles. The van der Waals surface area contributed by atoms with E-state index in [-0.39, 0.29) is 23.6 Å². The van der Waals surface area contributed by atoms with E-state index in [9.17, 15) is 13.2 Å². The Kier molecular flexibility index (Phi) is 6.77. The zero-order valence-corrected chi connectivity index (χ0v) is 15.2. The lowest BCUT2D eigenvalue weighted by atomic mass is 9.98. The van der Waals surface area contributed by atoms with E-state index < -0.39 is 10.0 Å². The SMILES string of the molecule is CC(C)NS(=O)(=O)Cc1ccccc1CNC(=O)C1CCCNC1. The van der Waals surface area contributed by atoms with Gasteiger partial charge in [0.15, 0.2) is 0 Å². The van der Waals surface area contributed by atoms with Crippen LogP contribution in [-0.2, 0) is 27.1 Å². The molecule has 0 saturated carbocycles. The van der Waals surface area contributed by atoms with Crippen LogP contribution in [0.5, 0.6) is 0 Å². The summed E-state index contributed by atoms with van der Waals surface area (Å²) >= 11 is 0. The Bertz CT molecular complexity index is 653. The third-order valence-corrected chi connectivity index (χ3v) is 5.52. The smallest absolute Gasteiger partial charge is 0.224 e. The highest BCUT2D eigenvalue weighted by molar-refractivity contribution is 7.88. The minimum atomic E-state index is -3.39. The Morgan fingerprint density at radius 2 is 2.00 bits per heavy atom. The predicted octanol–water partition coefficient (Wildman–Crippen LogP) is 1.13. The Labute approximate surface area is 144 Å². The molecule has 1 atom stereocenters. The van der Waals surface area contributed by atoms with E-state index in [2.05, 4.69) is 15.4 Å². The fraction of sp³-hybridized carbons (Fsp3) is 0.588. The fourth-order valence-corrected chi connectivity index (χ4v) is 4.37. The summed E-state index contributed by atoms with van der Waals surface area (Å²) in [5.41, 5.74) is 1.55. The molecule has 0 spiro atoms. The number of piperidine rings is 1. The minimum absolute atomic E-state index is 0.00254. The normalized spacial score (nSPS) is 18.5. The number of rotatable bonds is 7. The van der Waals surface area contributed by atoms with E-state index >= 15 is 0 Å². The zero-order valence-electron chi connectivity index (χ0n) is 14.3. The Balaban J connectivity index is 1.99. The number of amides is 1. The number of hydrogen-bond donors (Lipinski definition) is 3. The van der Waals surface area contributed by atoms with Gasteiger partial charge in [-0.15, -0.1) is 0 Å². The van der Waals surface area contributed by atoms with Crippen molar-refractivity contribution < 1.29 is 13.2 Å². The molecule has 1 heterocycles. The van der Waals surface area contributed by atoms with Gasteiger partial charge in [0, 0.05) is 19.1 Å². The first-order valence-electron chi connectivity index (χ1n) is 8.42. The number of nitrogens with one attached hydrogen (secondary N) is 3. The van der Waals surface area contributed by atoms with Gasteiger partial charge in [-0.3, -0.25) is 4.79 Å². The Hall–Kier alpha value is -1.44. The van der Waals surface area contributed by atoms with Crippen molar-refractivity contribution in [3.63, 3.8) is 0 Å². The van der Waals surface area contributed by atoms with Crippen LogP contribution in [0.3, 0.4) is 0 Å². The lowest BCUT2D eigenvalue weighted by Crippen LogP contribution is -2.40. The van der Waals surface area contributed by atoms with E-state index in [0.717, 1.165) is 24.9 Å². The van der Waals surface area contributed by atoms with Crippen LogP contribution >= 0.6 is 0 Å². The van der Waals surface area contributed by atoms with Gasteiger partial charge in [-0.25, -0.2) is 13.1 Å². The third-order valence-electron chi connectivity index (χ3n) is 4.00. The highest BCUT2D eigenvalue weighted by Gasteiger charge is 2.21. The van der Waals surface area contributed by atoms with Crippen molar-refractivity contribution in [3.8, 4) is 0 Å². The zero-order chi connectivity index (χ0) is 17.6. The first kappa shape index (κ1) is 18.9. The Morgan fingerprint density at radius 1 is 1.29 bits per heavy atom. The second-order valence-corrected chi connectivity index (χ2v) is 8.32. The summed E-state index contributed by atoms with van der Waals surface area (Å²) in [6, 6.07) is 7.19. The molecule has 134 valence electrons. The van der Waals surface area contributed by atoms with Gasteiger partial charge >= 0.3 is 0 Å². The molecule has 0 aromatic heterocycles. The van der Waals surface area contributed by atoms with Crippen LogP contribution < -0.4 is 15.4 Å². The van der Waals surface area contributed by atoms with Crippen LogP contribution in [0.2, 0.25) is 0 Å². The molecule has 7 heteroatoms. The van der Waals surface area contributed by atoms with Gasteiger partial charge in [-0.1, -0.05) is 24.3 Å². The molecule has 6 nitrogen and oxygen atoms in total. The quantitative estimate of drug-likeness (QED) is 0.686. The summed E-state index contributed by atoms with van der Waals surface area (Å²) in [5, 5.41) is 6.17. The van der Waals surface area contributed by atoms with E-state index in [1.54, 1.807) is 19.9 Å². The average Bonchev–Trinajstić information content (AvgIpc) is 2.53. The molecule has 1 aliphatic rings. The molecule has 1 aliphatic heterocycles. The van der Waals surface area contributed by atoms with Gasteiger partial charge in [0.2, 0.25) is 15.9 Å². The lowest BCUT2D eigenvalue weighted by molar-refractivity contribution is -0.125. The number of hydrogen-bond acceptors (Lipinski definition) is 4. The molecule has 2 rings (SSSR count). The first-order valence-corrected chi connectivity index (χ1v) is 10.1. The van der Waals surface area contributed by atoms with Gasteiger partial charge in [-0.2, -0.15) is 0 Å². The highest BCUT2D eigenvalue weighted by Crippen LogP contribution is 2.14. The molecule has 3 N–H and O–H groups in total. The maximum Gasteiger partial charge on any atom is 0.224 e. The Morgan fingerprint density at radius 3 is 2.62 bits per heavy atom. The van der Waals surface area contributed by atoms with Crippen LogP contribution in [0.25, 0.3) is 0 Å². The van der Waals surface area contributed by atoms with Crippen molar-refractivity contribution in [1.82, 2.24) is 15.4 Å². The molecule has 1 amide bonds. The lowest BCUT2D eigenvalue weighted by Gasteiger charge is -2.22. The maximum atomic E-state index is 12.2. The highest BCUT2D eigenvalue weighted by atomic mass is 32.2. The summed E-state index contributed by atoms with van der Waals surface area (Å²) in [6.45, 7) is 5.61. The summed E-state index contributed by atoms with van der Waals surface area (Å²) < 4.78 is 26.9. The molecular formula is C17H27N3O3S. The molecule has 1 unspecified atom stereocenters. The second-order valence-electron chi connectivity index (χ2n) is 6.56. The van der Waals surface area contributed by atoms with E-state index in [4.69, 9.17) is 0 Å². The summed E-state index contributed by atoms with van der Waals surface area (Å²) in [6.07, 6.45) is 1.90. The molecule has 24 heavy (non-hydrogen) atoms. The largest absolute Gasteiger partial charge is 0.352 e. The van der Waals surface area contributed by atoms with Gasteiger partial charge in [-0.05, 0) is 44.4 Å². The van der Waals surface area contributed by atoms with Crippen LogP contribution in [0.4, 0.5) is 0 Å². The summed E-state index contributed by atoms with van der Waals surface area (Å²) in [5.74, 6) is -0.0558. The van der Waals surface area contributed by atoms with E-state index in [0.29, 0.717) is 18.7 Å². The molecular weight excluding hydrogens is 326 g/mol. The van der Waals surface area contributed by atoms with Crippen LogP contribution in [0, 0.1) is 5.92 Å². The molecule has 1 aromatic rings. The second kappa shape index (κ2) is 8.60. The van der Waals surface area contributed by atoms with E-state index in [1.165, 1.54) is 0 Å². The van der Waals surface area contributed by atoms with Crippen molar-refractivity contribution in [2.45, 2.75) is 45.0 Å². The summed E-state index contributed by atoms with van der Waals surface area (Å²) in [4.78, 5) is 12.2. The molecule has 0 radical (unpaired) electrons. The molecule has 0 bridgehead atoms. The minimum Gasteiger partial charge on any atom is -0.352 e. The third kappa shape index (κ3) is 5.89. The number of carbonyl (C=O) groups is 1. The van der Waals surface area contributed by atoms with Gasteiger partial charge in [0.25, 0.3) is 0 Å². The van der Waals surface area contributed by atoms with Gasteiger partial charge in [0.1, 0.15) is 0 Å². The maximum absolute atomic E-state index is 12.2. The monoisotopic (exact) mass is 353 g/mol. The van der Waals surface area contributed by atoms with Crippen molar-refractivity contribution >= 4 is 15.9 Å². The molecule has 1 aromatic carbocycles. The number of carbonyl (C=O) groups excluding carboxylic acids is 1. The predicted molar refractivity (Wildman–Crippen MR) is 94.8 cm³/mol. The van der Waals surface area contributed by atoms with Crippen LogP contribution in [0.15, 0.2) is 24.3 Å². The van der Waals surface area contributed by atoms with Gasteiger partial charge in [0.05, 0.1) is 11.7 Å². The topological polar surface area (TPSA) is 87.3 Å². The summed E-state index contributed by atoms with van der Waals surface area (Å²) in [7, 11) is -3.39. The number of benzene rings is 1. The van der Waals surface area contributed by atoms with E-state index in [1.807, 2.05) is 18.2 Å². The van der Waals surface area contributed by atoms with Crippen LogP contribution in [0.1, 0.15) is 37.8 Å². The first-order chi connectivity index (χ1) is 11.4. The standard InChI is InChI=1S/C17H27N3O3S/c1-13(2)20-24(22,23)12-16-7-4-3-6-14(16)11-19-17(21)15-8-5-9-18-10-15/h3-4,6-7,13,15,18,20H,5,8-12H2,1-2H3,(H,19,21). The van der Waals surface area contributed by atoms with Crippen LogP contribution in [-0.4, -0.2) is 33.5 Å². The van der Waals surface area contributed by atoms with Crippen molar-refractivity contribution in [1.29, 1.82) is 0 Å². The molecule has 1 fully saturated rings. The fourth-order valence-electron chi connectivity index (χ4n) is 2.88. The van der Waals surface area contributed by atoms with Gasteiger partial charge < -0.3 is 10.6 Å². The number of sulfonamides is 1. The van der Waals surface area contributed by atoms with Crippen molar-refractivity contribution in [3.05, 3.63) is 35.4 Å². The van der Waals surface area contributed by atoms with Crippen molar-refractivity contribution in [2.24, 2.45) is 5.92 Å². The average molecular weight is 353 g/mol. The van der Waals surface area contributed by atoms with Crippen molar-refractivity contribution in [2.75, 3.05) is 13.1 Å².